The first-order valence-corrected chi connectivity index (χ1v) is 7.82. The number of aliphatic carboxylic acids is 1. The summed E-state index contributed by atoms with van der Waals surface area (Å²) in [5.41, 5.74) is 0. The molecular weight excluding hydrogens is 260 g/mol. The molecule has 2 atom stereocenters. The molecular formula is C10H18N2O3S2. The number of hydrogen-bond acceptors (Lipinski definition) is 4. The van der Waals surface area contributed by atoms with Crippen LogP contribution in [0.2, 0.25) is 0 Å². The molecule has 1 aliphatic heterocycles. The fraction of sp³-hybridized carbons (Fsp3) is 0.800. The Morgan fingerprint density at radius 3 is 2.94 bits per heavy atom. The maximum atomic E-state index is 11.9. The van der Waals surface area contributed by atoms with Gasteiger partial charge >= 0.3 is 12.0 Å². The first kappa shape index (κ1) is 14.5. The van der Waals surface area contributed by atoms with E-state index in [4.69, 9.17) is 5.11 Å². The number of nitrogens with zero attached hydrogens (tertiary/aromatic N) is 1. The summed E-state index contributed by atoms with van der Waals surface area (Å²) in [4.78, 5) is 24.2. The molecule has 1 saturated heterocycles. The van der Waals surface area contributed by atoms with Gasteiger partial charge in [-0.1, -0.05) is 6.92 Å². The predicted molar refractivity (Wildman–Crippen MR) is 71.6 cm³/mol. The van der Waals surface area contributed by atoms with E-state index in [9.17, 15) is 9.59 Å². The van der Waals surface area contributed by atoms with Crippen LogP contribution in [-0.4, -0.2) is 57.2 Å². The van der Waals surface area contributed by atoms with E-state index in [-0.39, 0.29) is 12.1 Å². The lowest BCUT2D eigenvalue weighted by Gasteiger charge is -2.23. The van der Waals surface area contributed by atoms with Crippen LogP contribution in [-0.2, 0) is 4.79 Å². The summed E-state index contributed by atoms with van der Waals surface area (Å²) in [7, 11) is 0. The summed E-state index contributed by atoms with van der Waals surface area (Å²) in [5.74, 6) is 1.86. The number of rotatable bonds is 5. The first-order valence-electron chi connectivity index (χ1n) is 5.51. The van der Waals surface area contributed by atoms with Crippen molar-refractivity contribution in [1.82, 2.24) is 10.2 Å². The van der Waals surface area contributed by atoms with Gasteiger partial charge in [-0.25, -0.2) is 9.59 Å². The van der Waals surface area contributed by atoms with Crippen molar-refractivity contribution in [2.75, 3.05) is 23.1 Å². The average Bonchev–Trinajstić information content (AvgIpc) is 2.75. The lowest BCUT2D eigenvalue weighted by Crippen LogP contribution is -2.49. The van der Waals surface area contributed by atoms with Crippen molar-refractivity contribution in [3.05, 3.63) is 0 Å². The van der Waals surface area contributed by atoms with Crippen molar-refractivity contribution in [3.8, 4) is 0 Å². The zero-order valence-corrected chi connectivity index (χ0v) is 11.6. The van der Waals surface area contributed by atoms with Crippen molar-refractivity contribution >= 4 is 35.5 Å². The van der Waals surface area contributed by atoms with Gasteiger partial charge in [0.15, 0.2) is 0 Å². The second-order valence-corrected chi connectivity index (χ2v) is 6.15. The Bertz CT molecular complexity index is 289. The predicted octanol–water partition coefficient (Wildman–Crippen LogP) is 1.30. The Morgan fingerprint density at radius 2 is 2.35 bits per heavy atom. The standard InChI is InChI=1S/C10H18N2O3S2/c1-3-16-4-7(2)11-10(15)12-6-17-5-8(12)9(13)14/h7-8H,3-6H2,1-2H3,(H,11,15)(H,13,14). The van der Waals surface area contributed by atoms with E-state index in [2.05, 4.69) is 12.2 Å². The third kappa shape index (κ3) is 4.31. The number of thioether (sulfide) groups is 2. The summed E-state index contributed by atoms with van der Waals surface area (Å²) in [6.45, 7) is 4.00. The van der Waals surface area contributed by atoms with Gasteiger partial charge in [-0.15, -0.1) is 11.8 Å². The maximum Gasteiger partial charge on any atom is 0.327 e. The highest BCUT2D eigenvalue weighted by molar-refractivity contribution is 7.99. The number of carboxylic acids is 1. The molecule has 0 radical (unpaired) electrons. The number of carbonyl (C=O) groups is 2. The molecule has 2 amide bonds. The molecule has 98 valence electrons. The second kappa shape index (κ2) is 7.00. The minimum atomic E-state index is -0.930. The number of hydrogen-bond donors (Lipinski definition) is 2. The quantitative estimate of drug-likeness (QED) is 0.793. The number of carboxylic acid groups (broad SMARTS) is 1. The third-order valence-corrected chi connectivity index (χ3v) is 4.53. The van der Waals surface area contributed by atoms with E-state index in [1.54, 1.807) is 11.8 Å². The van der Waals surface area contributed by atoms with Gasteiger partial charge in [0.25, 0.3) is 0 Å². The van der Waals surface area contributed by atoms with E-state index in [1.165, 1.54) is 16.7 Å². The lowest BCUT2D eigenvalue weighted by atomic mass is 10.3. The molecule has 1 fully saturated rings. The Balaban J connectivity index is 2.43. The summed E-state index contributed by atoms with van der Waals surface area (Å²) in [5, 5.41) is 11.8. The second-order valence-electron chi connectivity index (χ2n) is 3.83. The van der Waals surface area contributed by atoms with E-state index in [0.717, 1.165) is 11.5 Å². The SMILES string of the molecule is CCSCC(C)NC(=O)N1CSCC1C(=O)O. The molecule has 1 aliphatic rings. The highest BCUT2D eigenvalue weighted by atomic mass is 32.2. The maximum absolute atomic E-state index is 11.9. The number of carbonyl (C=O) groups excluding carboxylic acids is 1. The van der Waals surface area contributed by atoms with Crippen LogP contribution in [0.4, 0.5) is 4.79 Å². The molecule has 0 aliphatic carbocycles. The third-order valence-electron chi connectivity index (χ3n) is 2.37. The average molecular weight is 278 g/mol. The van der Waals surface area contributed by atoms with E-state index < -0.39 is 12.0 Å². The minimum absolute atomic E-state index is 0.0625. The minimum Gasteiger partial charge on any atom is -0.480 e. The fourth-order valence-corrected chi connectivity index (χ4v) is 3.30. The van der Waals surface area contributed by atoms with Gasteiger partial charge in [-0.3, -0.25) is 0 Å². The molecule has 0 aromatic heterocycles. The Morgan fingerprint density at radius 1 is 1.65 bits per heavy atom. The first-order chi connectivity index (χ1) is 8.06. The Kier molecular flexibility index (Phi) is 5.97. The van der Waals surface area contributed by atoms with Crippen LogP contribution in [0, 0.1) is 0 Å². The zero-order chi connectivity index (χ0) is 12.8. The van der Waals surface area contributed by atoms with Crippen molar-refractivity contribution in [3.63, 3.8) is 0 Å². The number of amides is 2. The van der Waals surface area contributed by atoms with Gasteiger partial charge in [0.1, 0.15) is 6.04 Å². The van der Waals surface area contributed by atoms with Crippen LogP contribution in [0.15, 0.2) is 0 Å². The van der Waals surface area contributed by atoms with E-state index in [0.29, 0.717) is 11.6 Å². The highest BCUT2D eigenvalue weighted by Crippen LogP contribution is 2.21. The summed E-state index contributed by atoms with van der Waals surface area (Å²) < 4.78 is 0. The van der Waals surface area contributed by atoms with E-state index in [1.807, 2.05) is 6.92 Å². The van der Waals surface area contributed by atoms with Gasteiger partial charge in [-0.05, 0) is 12.7 Å². The summed E-state index contributed by atoms with van der Waals surface area (Å²) in [6, 6.07) is -0.898. The molecule has 0 spiro atoms. The van der Waals surface area contributed by atoms with Crippen molar-refractivity contribution < 1.29 is 14.7 Å². The van der Waals surface area contributed by atoms with Gasteiger partial charge in [0.2, 0.25) is 0 Å². The fourth-order valence-electron chi connectivity index (χ4n) is 1.48. The molecule has 0 bridgehead atoms. The normalized spacial score (nSPS) is 21.3. The van der Waals surface area contributed by atoms with Crippen LogP contribution < -0.4 is 5.32 Å². The molecule has 0 aromatic carbocycles. The van der Waals surface area contributed by atoms with Gasteiger partial charge < -0.3 is 15.3 Å². The summed E-state index contributed by atoms with van der Waals surface area (Å²) >= 11 is 3.22. The smallest absolute Gasteiger partial charge is 0.327 e. The number of nitrogens with one attached hydrogen (secondary N) is 1. The zero-order valence-electron chi connectivity index (χ0n) is 10.0. The largest absolute Gasteiger partial charge is 0.480 e. The molecule has 0 aromatic rings. The van der Waals surface area contributed by atoms with Crippen LogP contribution in [0.5, 0.6) is 0 Å². The van der Waals surface area contributed by atoms with Crippen LogP contribution in [0.3, 0.4) is 0 Å². The van der Waals surface area contributed by atoms with Crippen LogP contribution in [0.25, 0.3) is 0 Å². The highest BCUT2D eigenvalue weighted by Gasteiger charge is 2.34. The molecule has 5 nitrogen and oxygen atoms in total. The topological polar surface area (TPSA) is 69.6 Å². The van der Waals surface area contributed by atoms with Crippen LogP contribution in [0.1, 0.15) is 13.8 Å². The molecule has 2 unspecified atom stereocenters. The Hall–Kier alpha value is -0.560. The van der Waals surface area contributed by atoms with Crippen molar-refractivity contribution in [2.24, 2.45) is 0 Å². The van der Waals surface area contributed by atoms with Gasteiger partial charge in [-0.2, -0.15) is 11.8 Å². The van der Waals surface area contributed by atoms with Gasteiger partial charge in [0, 0.05) is 17.5 Å². The molecule has 0 saturated carbocycles. The number of urea groups is 1. The molecule has 17 heavy (non-hydrogen) atoms. The molecule has 1 heterocycles. The lowest BCUT2D eigenvalue weighted by molar-refractivity contribution is -0.140. The molecule has 7 heteroatoms. The Labute approximate surface area is 110 Å². The van der Waals surface area contributed by atoms with Gasteiger partial charge in [0.05, 0.1) is 5.88 Å². The van der Waals surface area contributed by atoms with Crippen molar-refractivity contribution in [1.29, 1.82) is 0 Å². The van der Waals surface area contributed by atoms with Crippen LogP contribution >= 0.6 is 23.5 Å². The van der Waals surface area contributed by atoms with E-state index >= 15 is 0 Å². The van der Waals surface area contributed by atoms with Crippen molar-refractivity contribution in [2.45, 2.75) is 25.9 Å². The summed E-state index contributed by atoms with van der Waals surface area (Å²) in [6.07, 6.45) is 0. The monoisotopic (exact) mass is 278 g/mol. The molecule has 1 rings (SSSR count). The molecule has 2 N–H and O–H groups in total.